The molecule has 1 aromatic rings. The second kappa shape index (κ2) is 8.12. The lowest BCUT2D eigenvalue weighted by atomic mass is 10.1. The quantitative estimate of drug-likeness (QED) is 0.923. The van der Waals surface area contributed by atoms with Gasteiger partial charge in [-0.1, -0.05) is 12.5 Å². The molecule has 0 saturated carbocycles. The molecule has 1 aliphatic rings. The van der Waals surface area contributed by atoms with Crippen molar-refractivity contribution < 1.29 is 9.18 Å². The van der Waals surface area contributed by atoms with Gasteiger partial charge in [-0.15, -0.1) is 12.4 Å². The van der Waals surface area contributed by atoms with Gasteiger partial charge in [0, 0.05) is 18.7 Å². The molecule has 19 heavy (non-hydrogen) atoms. The molecular formula is C14H20ClFN2O. The number of carbonyl (C=O) groups excluding carboxylic acids is 1. The Kier molecular flexibility index (Phi) is 6.81. The van der Waals surface area contributed by atoms with Gasteiger partial charge in [-0.05, 0) is 44.1 Å². The summed E-state index contributed by atoms with van der Waals surface area (Å²) in [5.74, 6) is -0.380. The number of nitrogens with one attached hydrogen (secondary N) is 1. The summed E-state index contributed by atoms with van der Waals surface area (Å²) in [6.45, 7) is 2.97. The first-order valence-corrected chi connectivity index (χ1v) is 6.52. The summed E-state index contributed by atoms with van der Waals surface area (Å²) in [6.07, 6.45) is 4.22. The Labute approximate surface area is 119 Å². The van der Waals surface area contributed by atoms with Crippen molar-refractivity contribution in [3.63, 3.8) is 0 Å². The Morgan fingerprint density at radius 1 is 1.26 bits per heavy atom. The molecule has 1 heterocycles. The van der Waals surface area contributed by atoms with E-state index in [4.69, 9.17) is 0 Å². The number of carbonyl (C=O) groups is 1. The van der Waals surface area contributed by atoms with Gasteiger partial charge in [-0.2, -0.15) is 0 Å². The zero-order chi connectivity index (χ0) is 12.8. The fraction of sp³-hybridized carbons (Fsp3) is 0.500. The van der Waals surface area contributed by atoms with Gasteiger partial charge in [0.1, 0.15) is 5.82 Å². The predicted octanol–water partition coefficient (Wildman–Crippen LogP) is 3.06. The van der Waals surface area contributed by atoms with Crippen molar-refractivity contribution in [2.45, 2.75) is 25.7 Å². The average molecular weight is 287 g/mol. The van der Waals surface area contributed by atoms with Crippen molar-refractivity contribution in [2.24, 2.45) is 0 Å². The summed E-state index contributed by atoms with van der Waals surface area (Å²) in [5, 5.41) is 2.72. The molecule has 1 aromatic carbocycles. The number of anilines is 1. The van der Waals surface area contributed by atoms with E-state index in [1.165, 1.54) is 31.4 Å². The number of benzene rings is 1. The Morgan fingerprint density at radius 2 is 2.00 bits per heavy atom. The van der Waals surface area contributed by atoms with Gasteiger partial charge in [-0.25, -0.2) is 4.39 Å². The van der Waals surface area contributed by atoms with Crippen LogP contribution in [-0.4, -0.2) is 30.4 Å². The van der Waals surface area contributed by atoms with Gasteiger partial charge < -0.3 is 10.2 Å². The third-order valence-electron chi connectivity index (χ3n) is 3.21. The van der Waals surface area contributed by atoms with Crippen LogP contribution in [0.3, 0.4) is 0 Å². The smallest absolute Gasteiger partial charge is 0.225 e. The fourth-order valence-electron chi connectivity index (χ4n) is 2.23. The lowest BCUT2D eigenvalue weighted by Gasteiger charge is -2.25. The van der Waals surface area contributed by atoms with Gasteiger partial charge in [0.15, 0.2) is 0 Å². The lowest BCUT2D eigenvalue weighted by Crippen LogP contribution is -2.32. The summed E-state index contributed by atoms with van der Waals surface area (Å²) in [5.41, 5.74) is 0.527. The Morgan fingerprint density at radius 3 is 2.68 bits per heavy atom. The molecule has 1 fully saturated rings. The second-order valence-corrected chi connectivity index (χ2v) is 4.71. The van der Waals surface area contributed by atoms with Crippen LogP contribution in [0.15, 0.2) is 24.3 Å². The number of likely N-dealkylation sites (tertiary alicyclic amines) is 1. The monoisotopic (exact) mass is 286 g/mol. The summed E-state index contributed by atoms with van der Waals surface area (Å²) in [7, 11) is 0. The topological polar surface area (TPSA) is 32.3 Å². The minimum atomic E-state index is -0.330. The SMILES string of the molecule is Cl.O=C(CCN1CCCCC1)Nc1cccc(F)c1. The molecule has 1 saturated heterocycles. The van der Waals surface area contributed by atoms with Crippen molar-refractivity contribution in [1.82, 2.24) is 4.90 Å². The zero-order valence-electron chi connectivity index (χ0n) is 10.9. The molecule has 0 radical (unpaired) electrons. The van der Waals surface area contributed by atoms with Crippen LogP contribution in [0.2, 0.25) is 0 Å². The molecule has 3 nitrogen and oxygen atoms in total. The molecular weight excluding hydrogens is 267 g/mol. The average Bonchev–Trinajstić information content (AvgIpc) is 2.38. The van der Waals surface area contributed by atoms with E-state index in [0.29, 0.717) is 12.1 Å². The van der Waals surface area contributed by atoms with Crippen LogP contribution in [0.4, 0.5) is 10.1 Å². The Bertz CT molecular complexity index is 408. The first-order chi connectivity index (χ1) is 8.74. The maximum Gasteiger partial charge on any atom is 0.225 e. The van der Waals surface area contributed by atoms with Crippen molar-refractivity contribution in [3.05, 3.63) is 30.1 Å². The molecule has 2 rings (SSSR count). The van der Waals surface area contributed by atoms with Crippen LogP contribution in [0, 0.1) is 5.82 Å². The van der Waals surface area contributed by atoms with Crippen LogP contribution in [0.25, 0.3) is 0 Å². The maximum absolute atomic E-state index is 12.9. The maximum atomic E-state index is 12.9. The molecule has 0 aromatic heterocycles. The fourth-order valence-corrected chi connectivity index (χ4v) is 2.23. The van der Waals surface area contributed by atoms with Crippen LogP contribution in [-0.2, 0) is 4.79 Å². The molecule has 0 aliphatic carbocycles. The Hall–Kier alpha value is -1.13. The van der Waals surface area contributed by atoms with Crippen molar-refractivity contribution in [1.29, 1.82) is 0 Å². The molecule has 1 aliphatic heterocycles. The van der Waals surface area contributed by atoms with E-state index >= 15 is 0 Å². The van der Waals surface area contributed by atoms with E-state index < -0.39 is 0 Å². The largest absolute Gasteiger partial charge is 0.326 e. The van der Waals surface area contributed by atoms with Gasteiger partial charge in [0.05, 0.1) is 0 Å². The minimum absolute atomic E-state index is 0. The number of amides is 1. The van der Waals surface area contributed by atoms with Crippen molar-refractivity contribution in [3.8, 4) is 0 Å². The van der Waals surface area contributed by atoms with E-state index in [0.717, 1.165) is 19.6 Å². The van der Waals surface area contributed by atoms with E-state index in [2.05, 4.69) is 10.2 Å². The van der Waals surface area contributed by atoms with Gasteiger partial charge >= 0.3 is 0 Å². The second-order valence-electron chi connectivity index (χ2n) is 4.71. The summed E-state index contributed by atoms with van der Waals surface area (Å²) in [4.78, 5) is 14.0. The van der Waals surface area contributed by atoms with E-state index in [-0.39, 0.29) is 24.1 Å². The van der Waals surface area contributed by atoms with Crippen LogP contribution >= 0.6 is 12.4 Å². The van der Waals surface area contributed by atoms with Crippen molar-refractivity contribution >= 4 is 24.0 Å². The zero-order valence-corrected chi connectivity index (χ0v) is 11.7. The molecule has 106 valence electrons. The lowest BCUT2D eigenvalue weighted by molar-refractivity contribution is -0.116. The summed E-state index contributed by atoms with van der Waals surface area (Å²) < 4.78 is 12.9. The number of nitrogens with zero attached hydrogens (tertiary/aromatic N) is 1. The highest BCUT2D eigenvalue weighted by molar-refractivity contribution is 5.90. The Balaban J connectivity index is 0.00000180. The number of halogens is 2. The molecule has 1 N–H and O–H groups in total. The first kappa shape index (κ1) is 15.9. The highest BCUT2D eigenvalue weighted by Gasteiger charge is 2.11. The molecule has 5 heteroatoms. The van der Waals surface area contributed by atoms with Gasteiger partial charge in [0.2, 0.25) is 5.91 Å². The third-order valence-corrected chi connectivity index (χ3v) is 3.21. The summed E-state index contributed by atoms with van der Waals surface area (Å²) in [6, 6.07) is 5.99. The molecule has 0 unspecified atom stereocenters. The van der Waals surface area contributed by atoms with E-state index in [1.807, 2.05) is 0 Å². The van der Waals surface area contributed by atoms with E-state index in [1.54, 1.807) is 12.1 Å². The number of hydrogen-bond donors (Lipinski definition) is 1. The van der Waals surface area contributed by atoms with Gasteiger partial charge in [-0.3, -0.25) is 4.79 Å². The molecule has 0 atom stereocenters. The molecule has 0 bridgehead atoms. The normalized spacial score (nSPS) is 15.6. The van der Waals surface area contributed by atoms with Crippen LogP contribution < -0.4 is 5.32 Å². The number of piperidine rings is 1. The number of rotatable bonds is 4. The highest BCUT2D eigenvalue weighted by Crippen LogP contribution is 2.11. The van der Waals surface area contributed by atoms with Crippen molar-refractivity contribution in [2.75, 3.05) is 25.0 Å². The van der Waals surface area contributed by atoms with Crippen LogP contribution in [0.5, 0.6) is 0 Å². The number of hydrogen-bond acceptors (Lipinski definition) is 2. The predicted molar refractivity (Wildman–Crippen MR) is 77.2 cm³/mol. The van der Waals surface area contributed by atoms with Gasteiger partial charge in [0.25, 0.3) is 0 Å². The minimum Gasteiger partial charge on any atom is -0.326 e. The standard InChI is InChI=1S/C14H19FN2O.ClH/c15-12-5-4-6-13(11-12)16-14(18)7-10-17-8-2-1-3-9-17;/h4-6,11H,1-3,7-10H2,(H,16,18);1H. The summed E-state index contributed by atoms with van der Waals surface area (Å²) >= 11 is 0. The molecule has 1 amide bonds. The highest BCUT2D eigenvalue weighted by atomic mass is 35.5. The first-order valence-electron chi connectivity index (χ1n) is 6.52. The van der Waals surface area contributed by atoms with E-state index in [9.17, 15) is 9.18 Å². The van der Waals surface area contributed by atoms with Crippen LogP contribution in [0.1, 0.15) is 25.7 Å². The molecule has 0 spiro atoms. The third kappa shape index (κ3) is 5.57.